The smallest absolute Gasteiger partial charge is 0.170 e. The maximum absolute atomic E-state index is 13.4. The van der Waals surface area contributed by atoms with Gasteiger partial charge < -0.3 is 9.84 Å². The number of hydrogen-bond donors (Lipinski definition) is 1. The minimum atomic E-state index is -1.14. The number of hydrogen-bond acceptors (Lipinski definition) is 4. The van der Waals surface area contributed by atoms with E-state index in [2.05, 4.69) is 4.90 Å². The van der Waals surface area contributed by atoms with Crippen LogP contribution in [0.4, 0.5) is 0 Å². The Bertz CT molecular complexity index is 758. The normalized spacial score (nSPS) is 28.9. The first-order valence-electron chi connectivity index (χ1n) is 9.88. The Hall–Kier alpha value is -2.01. The summed E-state index contributed by atoms with van der Waals surface area (Å²) in [5, 5.41) is 11.6. The van der Waals surface area contributed by atoms with Crippen molar-refractivity contribution in [2.24, 2.45) is 5.92 Å². The number of ketones is 1. The summed E-state index contributed by atoms with van der Waals surface area (Å²) in [6.45, 7) is 2.99. The molecular formula is C23H27NO3. The van der Waals surface area contributed by atoms with Crippen molar-refractivity contribution in [3.63, 3.8) is 0 Å². The molecule has 2 saturated heterocycles. The van der Waals surface area contributed by atoms with Gasteiger partial charge in [-0.2, -0.15) is 0 Å². The van der Waals surface area contributed by atoms with Gasteiger partial charge in [-0.25, -0.2) is 0 Å². The van der Waals surface area contributed by atoms with Crippen LogP contribution in [0.15, 0.2) is 60.7 Å². The number of carbonyl (C=O) groups is 1. The molecule has 2 aliphatic heterocycles. The Morgan fingerprint density at radius 2 is 1.81 bits per heavy atom. The SMILES string of the molecule is O=C(c1ccccc1)[C@@H]1CN(C[C@@H]2CCCO2)CC[C@]1(O)c1ccccc1. The molecule has 0 radical (unpaired) electrons. The van der Waals surface area contributed by atoms with Crippen LogP contribution in [0.2, 0.25) is 0 Å². The number of piperidine rings is 1. The predicted octanol–water partition coefficient (Wildman–Crippen LogP) is 3.26. The van der Waals surface area contributed by atoms with Crippen molar-refractivity contribution >= 4 is 5.78 Å². The average Bonchev–Trinajstić information content (AvgIpc) is 3.23. The van der Waals surface area contributed by atoms with E-state index in [1.165, 1.54) is 0 Å². The van der Waals surface area contributed by atoms with Gasteiger partial charge in [0.15, 0.2) is 5.78 Å². The molecule has 0 bridgehead atoms. The monoisotopic (exact) mass is 365 g/mol. The van der Waals surface area contributed by atoms with Crippen molar-refractivity contribution in [3.05, 3.63) is 71.8 Å². The van der Waals surface area contributed by atoms with Crippen LogP contribution >= 0.6 is 0 Å². The lowest BCUT2D eigenvalue weighted by Crippen LogP contribution is -2.54. The first-order valence-corrected chi connectivity index (χ1v) is 9.88. The fourth-order valence-electron chi connectivity index (χ4n) is 4.42. The molecule has 3 atom stereocenters. The number of benzene rings is 2. The lowest BCUT2D eigenvalue weighted by atomic mass is 9.72. The molecule has 2 fully saturated rings. The van der Waals surface area contributed by atoms with E-state index < -0.39 is 11.5 Å². The third-order valence-corrected chi connectivity index (χ3v) is 5.96. The fraction of sp³-hybridized carbons (Fsp3) is 0.435. The second-order valence-corrected chi connectivity index (χ2v) is 7.72. The predicted molar refractivity (Wildman–Crippen MR) is 105 cm³/mol. The van der Waals surface area contributed by atoms with Crippen LogP contribution in [-0.2, 0) is 10.3 Å². The summed E-state index contributed by atoms with van der Waals surface area (Å²) >= 11 is 0. The minimum Gasteiger partial charge on any atom is -0.384 e. The average molecular weight is 365 g/mol. The van der Waals surface area contributed by atoms with Gasteiger partial charge in [0, 0.05) is 31.8 Å². The van der Waals surface area contributed by atoms with Crippen LogP contribution in [0.25, 0.3) is 0 Å². The Morgan fingerprint density at radius 1 is 1.11 bits per heavy atom. The molecule has 2 heterocycles. The maximum Gasteiger partial charge on any atom is 0.170 e. The van der Waals surface area contributed by atoms with Gasteiger partial charge in [-0.05, 0) is 24.8 Å². The molecule has 0 spiro atoms. The standard InChI is InChI=1S/C23H27NO3/c25-22(18-8-3-1-4-9-18)21-17-24(16-20-12-7-15-27-20)14-13-23(21,26)19-10-5-2-6-11-19/h1-6,8-11,20-21,26H,7,12-17H2/t20-,21-,23-/m0/s1. The minimum absolute atomic E-state index is 0.0130. The molecule has 0 amide bonds. The van der Waals surface area contributed by atoms with E-state index in [9.17, 15) is 9.90 Å². The lowest BCUT2D eigenvalue weighted by Gasteiger charge is -2.44. The highest BCUT2D eigenvalue weighted by Crippen LogP contribution is 2.39. The highest BCUT2D eigenvalue weighted by atomic mass is 16.5. The maximum atomic E-state index is 13.4. The third-order valence-electron chi connectivity index (χ3n) is 5.96. The molecule has 27 heavy (non-hydrogen) atoms. The van der Waals surface area contributed by atoms with E-state index >= 15 is 0 Å². The molecule has 4 rings (SSSR count). The molecule has 0 saturated carbocycles. The van der Waals surface area contributed by atoms with Crippen LogP contribution < -0.4 is 0 Å². The van der Waals surface area contributed by atoms with E-state index in [-0.39, 0.29) is 11.9 Å². The molecule has 1 N–H and O–H groups in total. The lowest BCUT2D eigenvalue weighted by molar-refractivity contribution is -0.0711. The molecule has 0 unspecified atom stereocenters. The van der Waals surface area contributed by atoms with Crippen LogP contribution in [0.1, 0.15) is 35.2 Å². The Kier molecular flexibility index (Phi) is 5.39. The summed E-state index contributed by atoms with van der Waals surface area (Å²) in [7, 11) is 0. The molecular weight excluding hydrogens is 338 g/mol. The van der Waals surface area contributed by atoms with Crippen molar-refractivity contribution in [3.8, 4) is 0 Å². The largest absolute Gasteiger partial charge is 0.384 e. The summed E-state index contributed by atoms with van der Waals surface area (Å²) in [5.74, 6) is -0.476. The number of aliphatic hydroxyl groups is 1. The first kappa shape index (κ1) is 18.4. The van der Waals surface area contributed by atoms with E-state index in [1.54, 1.807) is 0 Å². The molecule has 2 aliphatic rings. The summed E-state index contributed by atoms with van der Waals surface area (Å²) < 4.78 is 5.78. The van der Waals surface area contributed by atoms with Gasteiger partial charge in [0.1, 0.15) is 5.60 Å². The van der Waals surface area contributed by atoms with Crippen LogP contribution in [0.3, 0.4) is 0 Å². The van der Waals surface area contributed by atoms with Gasteiger partial charge in [-0.3, -0.25) is 9.69 Å². The van der Waals surface area contributed by atoms with Gasteiger partial charge in [0.2, 0.25) is 0 Å². The molecule has 142 valence electrons. The first-order chi connectivity index (χ1) is 13.2. The van der Waals surface area contributed by atoms with Gasteiger partial charge >= 0.3 is 0 Å². The number of rotatable bonds is 5. The van der Waals surface area contributed by atoms with E-state index in [0.29, 0.717) is 18.5 Å². The number of carbonyl (C=O) groups excluding carboxylic acids is 1. The highest BCUT2D eigenvalue weighted by molar-refractivity contribution is 5.99. The summed E-state index contributed by atoms with van der Waals surface area (Å²) in [4.78, 5) is 15.6. The summed E-state index contributed by atoms with van der Waals surface area (Å²) in [6.07, 6.45) is 2.99. The van der Waals surface area contributed by atoms with Gasteiger partial charge in [-0.1, -0.05) is 60.7 Å². The zero-order valence-corrected chi connectivity index (χ0v) is 15.6. The zero-order chi connectivity index (χ0) is 18.7. The van der Waals surface area contributed by atoms with Crippen molar-refractivity contribution in [1.29, 1.82) is 0 Å². The number of nitrogens with zero attached hydrogens (tertiary/aromatic N) is 1. The highest BCUT2D eigenvalue weighted by Gasteiger charge is 2.47. The second-order valence-electron chi connectivity index (χ2n) is 7.72. The van der Waals surface area contributed by atoms with Crippen molar-refractivity contribution in [2.45, 2.75) is 31.0 Å². The van der Waals surface area contributed by atoms with Crippen LogP contribution in [-0.4, -0.2) is 48.1 Å². The van der Waals surface area contributed by atoms with Crippen LogP contribution in [0.5, 0.6) is 0 Å². The zero-order valence-electron chi connectivity index (χ0n) is 15.6. The van der Waals surface area contributed by atoms with E-state index in [4.69, 9.17) is 4.74 Å². The summed E-state index contributed by atoms with van der Waals surface area (Å²) in [6, 6.07) is 19.0. The van der Waals surface area contributed by atoms with Crippen molar-refractivity contribution in [2.75, 3.05) is 26.2 Å². The van der Waals surface area contributed by atoms with E-state index in [0.717, 1.165) is 38.1 Å². The molecule has 4 heteroatoms. The topological polar surface area (TPSA) is 49.8 Å². The molecule has 2 aromatic rings. The fourth-order valence-corrected chi connectivity index (χ4v) is 4.42. The number of likely N-dealkylation sites (tertiary alicyclic amines) is 1. The Labute approximate surface area is 160 Å². The molecule has 0 aromatic heterocycles. The molecule has 2 aromatic carbocycles. The van der Waals surface area contributed by atoms with E-state index in [1.807, 2.05) is 60.7 Å². The van der Waals surface area contributed by atoms with Crippen molar-refractivity contribution < 1.29 is 14.6 Å². The number of Topliss-reactive ketones (excluding diaryl/α,β-unsaturated/α-hetero) is 1. The van der Waals surface area contributed by atoms with Gasteiger partial charge in [0.25, 0.3) is 0 Å². The quantitative estimate of drug-likeness (QED) is 0.827. The third kappa shape index (κ3) is 3.84. The Morgan fingerprint density at radius 3 is 2.48 bits per heavy atom. The van der Waals surface area contributed by atoms with Crippen molar-refractivity contribution in [1.82, 2.24) is 4.90 Å². The summed E-state index contributed by atoms with van der Waals surface area (Å²) in [5.41, 5.74) is 0.355. The second kappa shape index (κ2) is 7.93. The number of ether oxygens (including phenoxy) is 1. The molecule has 4 nitrogen and oxygen atoms in total. The molecule has 0 aliphatic carbocycles. The Balaban J connectivity index is 1.61. The van der Waals surface area contributed by atoms with Gasteiger partial charge in [-0.15, -0.1) is 0 Å². The van der Waals surface area contributed by atoms with Gasteiger partial charge in [0.05, 0.1) is 12.0 Å². The van der Waals surface area contributed by atoms with Crippen LogP contribution in [0, 0.1) is 5.92 Å².